The van der Waals surface area contributed by atoms with Gasteiger partial charge in [0.15, 0.2) is 0 Å². The average molecular weight is 324 g/mol. The minimum absolute atomic E-state index is 0.0139. The zero-order valence-electron chi connectivity index (χ0n) is 13.6. The Kier molecular flexibility index (Phi) is 4.90. The van der Waals surface area contributed by atoms with Crippen LogP contribution >= 0.6 is 11.3 Å². The lowest BCUT2D eigenvalue weighted by molar-refractivity contribution is -0.146. The van der Waals surface area contributed by atoms with Crippen LogP contribution in [0, 0.1) is 11.8 Å². The number of thiazole rings is 1. The zero-order valence-corrected chi connectivity index (χ0v) is 14.4. The normalized spacial score (nSPS) is 22.6. The molecule has 0 saturated carbocycles. The van der Waals surface area contributed by atoms with Crippen LogP contribution in [0.15, 0.2) is 5.38 Å². The summed E-state index contributed by atoms with van der Waals surface area (Å²) in [7, 11) is 0. The van der Waals surface area contributed by atoms with Gasteiger partial charge in [-0.3, -0.25) is 9.59 Å². The van der Waals surface area contributed by atoms with Gasteiger partial charge < -0.3 is 10.0 Å². The first-order valence-corrected chi connectivity index (χ1v) is 8.50. The molecule has 0 radical (unpaired) electrons. The highest BCUT2D eigenvalue weighted by atomic mass is 32.1. The molecule has 5 nitrogen and oxygen atoms in total. The van der Waals surface area contributed by atoms with E-state index < -0.39 is 11.9 Å². The number of aromatic nitrogens is 1. The summed E-state index contributed by atoms with van der Waals surface area (Å²) in [5.41, 5.74) is 0.769. The molecule has 0 aliphatic carbocycles. The lowest BCUT2D eigenvalue weighted by atomic mass is 9.90. The third-order valence-corrected chi connectivity index (χ3v) is 5.20. The average Bonchev–Trinajstić information content (AvgIpc) is 2.86. The maximum absolute atomic E-state index is 12.4. The summed E-state index contributed by atoms with van der Waals surface area (Å²) >= 11 is 1.58. The minimum Gasteiger partial charge on any atom is -0.481 e. The molecule has 0 spiro atoms. The molecule has 1 aliphatic rings. The molecule has 22 heavy (non-hydrogen) atoms. The Bertz CT molecular complexity index is 562. The van der Waals surface area contributed by atoms with Crippen molar-refractivity contribution in [3.63, 3.8) is 0 Å². The van der Waals surface area contributed by atoms with Crippen molar-refractivity contribution in [1.82, 2.24) is 9.88 Å². The SMILES string of the molecule is CC1CC(C(=O)O)CN(C(=O)Cc2csc(C(C)(C)C)n2)C1. The Morgan fingerprint density at radius 2 is 2.09 bits per heavy atom. The Hall–Kier alpha value is -1.43. The summed E-state index contributed by atoms with van der Waals surface area (Å²) in [5.74, 6) is -1.07. The third kappa shape index (κ3) is 4.06. The maximum atomic E-state index is 12.4. The number of carbonyl (C=O) groups excluding carboxylic acids is 1. The second kappa shape index (κ2) is 6.36. The molecule has 1 aromatic heterocycles. The van der Waals surface area contributed by atoms with E-state index in [1.807, 2.05) is 12.3 Å². The number of piperidine rings is 1. The first kappa shape index (κ1) is 16.9. The van der Waals surface area contributed by atoms with E-state index in [-0.39, 0.29) is 23.7 Å². The van der Waals surface area contributed by atoms with E-state index in [1.54, 1.807) is 16.2 Å². The van der Waals surface area contributed by atoms with Gasteiger partial charge in [0.2, 0.25) is 5.91 Å². The van der Waals surface area contributed by atoms with Crippen LogP contribution in [-0.4, -0.2) is 40.0 Å². The molecule has 2 rings (SSSR count). The van der Waals surface area contributed by atoms with Crippen molar-refractivity contribution in [2.24, 2.45) is 11.8 Å². The molecule has 1 fully saturated rings. The topological polar surface area (TPSA) is 70.5 Å². The molecular weight excluding hydrogens is 300 g/mol. The van der Waals surface area contributed by atoms with Gasteiger partial charge in [0.1, 0.15) is 0 Å². The fourth-order valence-corrected chi connectivity index (χ4v) is 3.64. The molecule has 2 heterocycles. The molecule has 1 amide bonds. The number of carbonyl (C=O) groups is 2. The van der Waals surface area contributed by atoms with Crippen molar-refractivity contribution in [2.45, 2.75) is 46.0 Å². The highest BCUT2D eigenvalue weighted by Gasteiger charge is 2.32. The third-order valence-electron chi connectivity index (χ3n) is 3.89. The van der Waals surface area contributed by atoms with Crippen molar-refractivity contribution in [1.29, 1.82) is 0 Å². The highest BCUT2D eigenvalue weighted by Crippen LogP contribution is 2.26. The summed E-state index contributed by atoms with van der Waals surface area (Å²) in [5, 5.41) is 12.1. The fraction of sp³-hybridized carbons (Fsp3) is 0.688. The fourth-order valence-electron chi connectivity index (χ4n) is 2.73. The van der Waals surface area contributed by atoms with Gasteiger partial charge in [-0.05, 0) is 12.3 Å². The number of aliphatic carboxylic acids is 1. The van der Waals surface area contributed by atoms with Crippen LogP contribution in [-0.2, 0) is 21.4 Å². The largest absolute Gasteiger partial charge is 0.481 e. The molecule has 1 N–H and O–H groups in total. The summed E-state index contributed by atoms with van der Waals surface area (Å²) in [4.78, 5) is 29.9. The lowest BCUT2D eigenvalue weighted by Crippen LogP contribution is -2.46. The first-order valence-electron chi connectivity index (χ1n) is 7.62. The molecule has 0 aromatic carbocycles. The number of hydrogen-bond donors (Lipinski definition) is 1. The van der Waals surface area contributed by atoms with Crippen LogP contribution < -0.4 is 0 Å². The van der Waals surface area contributed by atoms with Crippen molar-refractivity contribution in [3.05, 3.63) is 16.1 Å². The number of hydrogen-bond acceptors (Lipinski definition) is 4. The summed E-state index contributed by atoms with van der Waals surface area (Å²) in [6.45, 7) is 9.24. The molecular formula is C16H24N2O3S. The second-order valence-electron chi connectivity index (χ2n) is 7.25. The zero-order chi connectivity index (χ0) is 16.5. The van der Waals surface area contributed by atoms with E-state index in [0.29, 0.717) is 19.5 Å². The first-order chi connectivity index (χ1) is 10.2. The minimum atomic E-state index is -0.812. The van der Waals surface area contributed by atoms with Gasteiger partial charge in [-0.1, -0.05) is 27.7 Å². The van der Waals surface area contributed by atoms with E-state index in [1.165, 1.54) is 0 Å². The van der Waals surface area contributed by atoms with Crippen molar-refractivity contribution in [3.8, 4) is 0 Å². The van der Waals surface area contributed by atoms with Crippen LogP contribution in [0.4, 0.5) is 0 Å². The quantitative estimate of drug-likeness (QED) is 0.927. The van der Waals surface area contributed by atoms with Gasteiger partial charge in [-0.15, -0.1) is 11.3 Å². The molecule has 1 aliphatic heterocycles. The van der Waals surface area contributed by atoms with Crippen LogP contribution in [0.1, 0.15) is 44.8 Å². The molecule has 1 aromatic rings. The van der Waals surface area contributed by atoms with Gasteiger partial charge in [0, 0.05) is 23.9 Å². The van der Waals surface area contributed by atoms with E-state index in [4.69, 9.17) is 0 Å². The number of carboxylic acid groups (broad SMARTS) is 1. The summed E-state index contributed by atoms with van der Waals surface area (Å²) in [6, 6.07) is 0. The smallest absolute Gasteiger partial charge is 0.308 e. The monoisotopic (exact) mass is 324 g/mol. The van der Waals surface area contributed by atoms with Crippen LogP contribution in [0.2, 0.25) is 0 Å². The molecule has 122 valence electrons. The summed E-state index contributed by atoms with van der Waals surface area (Å²) < 4.78 is 0. The van der Waals surface area contributed by atoms with Crippen molar-refractivity contribution >= 4 is 23.2 Å². The Morgan fingerprint density at radius 1 is 1.41 bits per heavy atom. The van der Waals surface area contributed by atoms with Gasteiger partial charge in [0.05, 0.1) is 23.0 Å². The molecule has 2 unspecified atom stereocenters. The maximum Gasteiger partial charge on any atom is 0.308 e. The van der Waals surface area contributed by atoms with Gasteiger partial charge in [-0.25, -0.2) is 4.98 Å². The predicted octanol–water partition coefficient (Wildman–Crippen LogP) is 2.55. The molecule has 2 atom stereocenters. The van der Waals surface area contributed by atoms with E-state index >= 15 is 0 Å². The molecule has 1 saturated heterocycles. The van der Waals surface area contributed by atoms with Crippen molar-refractivity contribution in [2.75, 3.05) is 13.1 Å². The van der Waals surface area contributed by atoms with E-state index in [9.17, 15) is 14.7 Å². The number of nitrogens with zero attached hydrogens (tertiary/aromatic N) is 2. The number of amides is 1. The van der Waals surface area contributed by atoms with Crippen LogP contribution in [0.5, 0.6) is 0 Å². The Morgan fingerprint density at radius 3 is 2.64 bits per heavy atom. The summed E-state index contributed by atoms with van der Waals surface area (Å²) in [6.07, 6.45) is 0.898. The van der Waals surface area contributed by atoms with Crippen LogP contribution in [0.3, 0.4) is 0 Å². The van der Waals surface area contributed by atoms with E-state index in [0.717, 1.165) is 10.7 Å². The van der Waals surface area contributed by atoms with Crippen molar-refractivity contribution < 1.29 is 14.7 Å². The Balaban J connectivity index is 2.02. The highest BCUT2D eigenvalue weighted by molar-refractivity contribution is 7.09. The van der Waals surface area contributed by atoms with Crippen LogP contribution in [0.25, 0.3) is 0 Å². The standard InChI is InChI=1S/C16H24N2O3S/c1-10-5-11(14(20)21)8-18(7-10)13(19)6-12-9-22-15(17-12)16(2,3)4/h9-11H,5-8H2,1-4H3,(H,20,21). The Labute approximate surface area is 135 Å². The number of carboxylic acids is 1. The number of likely N-dealkylation sites (tertiary alicyclic amines) is 1. The lowest BCUT2D eigenvalue weighted by Gasteiger charge is -2.34. The molecule has 0 bridgehead atoms. The molecule has 6 heteroatoms. The van der Waals surface area contributed by atoms with Gasteiger partial charge in [0.25, 0.3) is 0 Å². The predicted molar refractivity (Wildman–Crippen MR) is 86.0 cm³/mol. The van der Waals surface area contributed by atoms with Gasteiger partial charge in [-0.2, -0.15) is 0 Å². The number of rotatable bonds is 3. The van der Waals surface area contributed by atoms with E-state index in [2.05, 4.69) is 25.8 Å². The van der Waals surface area contributed by atoms with Gasteiger partial charge >= 0.3 is 5.97 Å². The second-order valence-corrected chi connectivity index (χ2v) is 8.10.